The van der Waals surface area contributed by atoms with E-state index in [1.54, 1.807) is 29.2 Å². The van der Waals surface area contributed by atoms with Crippen LogP contribution in [0.5, 0.6) is 0 Å². The number of fused-ring (bicyclic) bond motifs is 1. The minimum atomic E-state index is -0.0902. The Labute approximate surface area is 91.7 Å². The predicted molar refractivity (Wildman–Crippen MR) is 57.4 cm³/mol. The normalized spacial score (nSPS) is 11.1. The molecule has 0 bridgehead atoms. The Balaban J connectivity index is 2.12. The number of hydrogen-bond donors (Lipinski definition) is 1. The lowest BCUT2D eigenvalue weighted by Gasteiger charge is -2.06. The second kappa shape index (κ2) is 4.91. The van der Waals surface area contributed by atoms with Crippen LogP contribution in [0.2, 0.25) is 0 Å². The van der Waals surface area contributed by atoms with E-state index in [1.165, 1.54) is 4.52 Å². The van der Waals surface area contributed by atoms with Gasteiger partial charge in [0.05, 0.1) is 26.0 Å². The standard InChI is InChI=1S/C10H13N3O3/c14-6-8-16-7-5-12-3-4-13-9(10(12)15)1-2-11-13/h1-4,14H,5-8H2. The SMILES string of the molecule is O=c1c2ccnn2ccn1CCOCCO. The van der Waals surface area contributed by atoms with Crippen molar-refractivity contribution in [3.63, 3.8) is 0 Å². The maximum absolute atomic E-state index is 11.9. The fourth-order valence-corrected chi connectivity index (χ4v) is 1.47. The summed E-state index contributed by atoms with van der Waals surface area (Å²) >= 11 is 0. The van der Waals surface area contributed by atoms with Crippen LogP contribution in [-0.4, -0.2) is 39.1 Å². The summed E-state index contributed by atoms with van der Waals surface area (Å²) in [6.07, 6.45) is 4.98. The van der Waals surface area contributed by atoms with Crippen LogP contribution in [0, 0.1) is 0 Å². The van der Waals surface area contributed by atoms with Gasteiger partial charge in [0.2, 0.25) is 0 Å². The second-order valence-corrected chi connectivity index (χ2v) is 3.29. The quantitative estimate of drug-likeness (QED) is 0.694. The smallest absolute Gasteiger partial charge is 0.276 e. The Morgan fingerprint density at radius 2 is 2.25 bits per heavy atom. The first-order valence-electron chi connectivity index (χ1n) is 5.04. The minimum absolute atomic E-state index is 0.00342. The van der Waals surface area contributed by atoms with Gasteiger partial charge in [0.25, 0.3) is 5.56 Å². The molecule has 0 atom stereocenters. The molecule has 0 saturated heterocycles. The first-order valence-corrected chi connectivity index (χ1v) is 5.04. The van der Waals surface area contributed by atoms with E-state index in [0.29, 0.717) is 25.3 Å². The zero-order chi connectivity index (χ0) is 11.4. The Hall–Kier alpha value is -1.66. The van der Waals surface area contributed by atoms with Crippen LogP contribution in [0.1, 0.15) is 0 Å². The summed E-state index contributed by atoms with van der Waals surface area (Å²) in [6.45, 7) is 1.17. The van der Waals surface area contributed by atoms with Gasteiger partial charge in [-0.1, -0.05) is 0 Å². The predicted octanol–water partition coefficient (Wildman–Crippen LogP) is -0.495. The van der Waals surface area contributed by atoms with E-state index in [4.69, 9.17) is 9.84 Å². The highest BCUT2D eigenvalue weighted by Crippen LogP contribution is 1.94. The molecule has 0 radical (unpaired) electrons. The lowest BCUT2D eigenvalue weighted by Crippen LogP contribution is -2.23. The van der Waals surface area contributed by atoms with Crippen LogP contribution in [0.3, 0.4) is 0 Å². The first kappa shape index (κ1) is 10.8. The maximum atomic E-state index is 11.9. The molecule has 0 saturated carbocycles. The highest BCUT2D eigenvalue weighted by molar-refractivity contribution is 5.42. The Kier molecular flexibility index (Phi) is 3.33. The van der Waals surface area contributed by atoms with Crippen molar-refractivity contribution in [1.82, 2.24) is 14.2 Å². The molecule has 1 N–H and O–H groups in total. The van der Waals surface area contributed by atoms with Crippen molar-refractivity contribution in [2.24, 2.45) is 0 Å². The van der Waals surface area contributed by atoms with Crippen molar-refractivity contribution >= 4 is 5.52 Å². The Bertz CT molecular complexity index is 517. The van der Waals surface area contributed by atoms with Gasteiger partial charge >= 0.3 is 0 Å². The molecule has 6 nitrogen and oxygen atoms in total. The summed E-state index contributed by atoms with van der Waals surface area (Å²) < 4.78 is 8.20. The monoisotopic (exact) mass is 223 g/mol. The Morgan fingerprint density at radius 1 is 1.38 bits per heavy atom. The number of ether oxygens (including phenoxy) is 1. The topological polar surface area (TPSA) is 68.8 Å². The van der Waals surface area contributed by atoms with Crippen LogP contribution < -0.4 is 5.56 Å². The number of hydrogen-bond acceptors (Lipinski definition) is 4. The van der Waals surface area contributed by atoms with Crippen LogP contribution in [-0.2, 0) is 11.3 Å². The summed E-state index contributed by atoms with van der Waals surface area (Å²) in [7, 11) is 0. The highest BCUT2D eigenvalue weighted by Gasteiger charge is 2.02. The van der Waals surface area contributed by atoms with Crippen molar-refractivity contribution in [3.05, 3.63) is 35.0 Å². The van der Waals surface area contributed by atoms with Gasteiger partial charge in [-0.25, -0.2) is 4.52 Å². The van der Waals surface area contributed by atoms with Gasteiger partial charge in [0.1, 0.15) is 5.52 Å². The number of aromatic nitrogens is 3. The van der Waals surface area contributed by atoms with Crippen molar-refractivity contribution < 1.29 is 9.84 Å². The van der Waals surface area contributed by atoms with E-state index < -0.39 is 0 Å². The Morgan fingerprint density at radius 3 is 3.06 bits per heavy atom. The third-order valence-electron chi connectivity index (χ3n) is 2.25. The summed E-state index contributed by atoms with van der Waals surface area (Å²) in [5.41, 5.74) is 0.456. The van der Waals surface area contributed by atoms with E-state index in [-0.39, 0.29) is 12.2 Å². The fourth-order valence-electron chi connectivity index (χ4n) is 1.47. The van der Waals surface area contributed by atoms with E-state index in [1.807, 2.05) is 0 Å². The zero-order valence-corrected chi connectivity index (χ0v) is 8.74. The number of aliphatic hydroxyl groups excluding tert-OH is 1. The first-order chi connectivity index (χ1) is 7.83. The van der Waals surface area contributed by atoms with Crippen molar-refractivity contribution in [2.75, 3.05) is 19.8 Å². The molecule has 2 aromatic heterocycles. The molecular weight excluding hydrogens is 210 g/mol. The molecular formula is C10H13N3O3. The highest BCUT2D eigenvalue weighted by atomic mass is 16.5. The maximum Gasteiger partial charge on any atom is 0.276 e. The number of rotatable bonds is 5. The van der Waals surface area contributed by atoms with Crippen LogP contribution >= 0.6 is 0 Å². The van der Waals surface area contributed by atoms with Crippen LogP contribution in [0.25, 0.3) is 5.52 Å². The van der Waals surface area contributed by atoms with Gasteiger partial charge in [-0.15, -0.1) is 0 Å². The van der Waals surface area contributed by atoms with E-state index in [9.17, 15) is 4.79 Å². The van der Waals surface area contributed by atoms with Gasteiger partial charge in [-0.3, -0.25) is 4.79 Å². The summed E-state index contributed by atoms with van der Waals surface area (Å²) in [5, 5.41) is 12.5. The molecule has 2 heterocycles. The van der Waals surface area contributed by atoms with Crippen molar-refractivity contribution in [1.29, 1.82) is 0 Å². The summed E-state index contributed by atoms with van der Waals surface area (Å²) in [4.78, 5) is 11.9. The minimum Gasteiger partial charge on any atom is -0.394 e. The van der Waals surface area contributed by atoms with E-state index >= 15 is 0 Å². The largest absolute Gasteiger partial charge is 0.394 e. The average molecular weight is 223 g/mol. The lowest BCUT2D eigenvalue weighted by atomic mass is 10.5. The molecule has 16 heavy (non-hydrogen) atoms. The molecule has 0 aliphatic heterocycles. The van der Waals surface area contributed by atoms with Gasteiger partial charge in [0.15, 0.2) is 0 Å². The summed E-state index contributed by atoms with van der Waals surface area (Å²) in [5.74, 6) is 0. The molecule has 2 aromatic rings. The number of aliphatic hydroxyl groups is 1. The average Bonchev–Trinajstić information content (AvgIpc) is 2.76. The molecule has 0 unspecified atom stereocenters. The van der Waals surface area contributed by atoms with Gasteiger partial charge in [-0.2, -0.15) is 5.10 Å². The molecule has 0 aliphatic rings. The molecule has 0 fully saturated rings. The third-order valence-corrected chi connectivity index (χ3v) is 2.25. The van der Waals surface area contributed by atoms with E-state index in [0.717, 1.165) is 0 Å². The van der Waals surface area contributed by atoms with Gasteiger partial charge in [-0.05, 0) is 6.07 Å². The molecule has 86 valence electrons. The van der Waals surface area contributed by atoms with Crippen LogP contribution in [0.15, 0.2) is 29.5 Å². The van der Waals surface area contributed by atoms with Gasteiger partial charge < -0.3 is 14.4 Å². The third kappa shape index (κ3) is 2.12. The van der Waals surface area contributed by atoms with E-state index in [2.05, 4.69) is 5.10 Å². The van der Waals surface area contributed by atoms with Crippen molar-refractivity contribution in [2.45, 2.75) is 6.54 Å². The zero-order valence-electron chi connectivity index (χ0n) is 8.74. The summed E-state index contributed by atoms with van der Waals surface area (Å²) in [6, 6.07) is 1.67. The lowest BCUT2D eigenvalue weighted by molar-refractivity contribution is 0.0865. The molecule has 6 heteroatoms. The molecule has 0 aliphatic carbocycles. The molecule has 2 rings (SSSR count). The van der Waals surface area contributed by atoms with Crippen molar-refractivity contribution in [3.8, 4) is 0 Å². The van der Waals surface area contributed by atoms with Crippen LogP contribution in [0.4, 0.5) is 0 Å². The van der Waals surface area contributed by atoms with Gasteiger partial charge in [0, 0.05) is 18.9 Å². The molecule has 0 amide bonds. The molecule has 0 aromatic carbocycles. The second-order valence-electron chi connectivity index (χ2n) is 3.29. The fraction of sp³-hybridized carbons (Fsp3) is 0.400. The number of nitrogens with zero attached hydrogens (tertiary/aromatic N) is 3. The molecule has 0 spiro atoms.